The van der Waals surface area contributed by atoms with Gasteiger partial charge in [0.2, 0.25) is 0 Å². The summed E-state index contributed by atoms with van der Waals surface area (Å²) >= 11 is 0. The van der Waals surface area contributed by atoms with Crippen LogP contribution >= 0.6 is 0 Å². The molecule has 1 nitrogen and oxygen atoms in total. The average Bonchev–Trinajstić information content (AvgIpc) is 2.31. The fourth-order valence-electron chi connectivity index (χ4n) is 2.27. The van der Waals surface area contributed by atoms with E-state index in [9.17, 15) is 5.11 Å². The molecule has 1 N–H and O–H groups in total. The Hall–Kier alpha value is -0.300. The summed E-state index contributed by atoms with van der Waals surface area (Å²) < 4.78 is 0. The third-order valence-electron chi connectivity index (χ3n) is 2.97. The normalized spacial score (nSPS) is 37.7. The Morgan fingerprint density at radius 1 is 1.27 bits per heavy atom. The SMILES string of the molecule is OC12CC=C(CCCCC1)C2. The molecule has 1 saturated carbocycles. The molecule has 0 radical (unpaired) electrons. The second-order valence-corrected chi connectivity index (χ2v) is 4.03. The zero-order valence-corrected chi connectivity index (χ0v) is 6.97. The molecule has 62 valence electrons. The topological polar surface area (TPSA) is 20.2 Å². The van der Waals surface area contributed by atoms with Crippen molar-refractivity contribution in [1.82, 2.24) is 0 Å². The van der Waals surface area contributed by atoms with Gasteiger partial charge in [-0.2, -0.15) is 0 Å². The van der Waals surface area contributed by atoms with Gasteiger partial charge < -0.3 is 5.11 Å². The molecule has 0 spiro atoms. The summed E-state index contributed by atoms with van der Waals surface area (Å²) in [5.41, 5.74) is 1.18. The molecule has 2 aliphatic rings. The number of aliphatic hydroxyl groups is 1. The molecule has 0 aliphatic heterocycles. The quantitative estimate of drug-likeness (QED) is 0.528. The second-order valence-electron chi connectivity index (χ2n) is 4.03. The first-order valence-corrected chi connectivity index (χ1v) is 4.69. The van der Waals surface area contributed by atoms with Crippen LogP contribution in [0.3, 0.4) is 0 Å². The van der Waals surface area contributed by atoms with E-state index in [1.54, 1.807) is 0 Å². The van der Waals surface area contributed by atoms with Crippen molar-refractivity contribution in [3.63, 3.8) is 0 Å². The van der Waals surface area contributed by atoms with E-state index in [4.69, 9.17) is 0 Å². The molecular weight excluding hydrogens is 136 g/mol. The Morgan fingerprint density at radius 3 is 3.09 bits per heavy atom. The maximum absolute atomic E-state index is 9.97. The van der Waals surface area contributed by atoms with Gasteiger partial charge in [-0.05, 0) is 32.1 Å². The van der Waals surface area contributed by atoms with Gasteiger partial charge in [-0.1, -0.05) is 24.5 Å². The van der Waals surface area contributed by atoms with Crippen molar-refractivity contribution in [2.75, 3.05) is 0 Å². The lowest BCUT2D eigenvalue weighted by molar-refractivity contribution is 0.0381. The van der Waals surface area contributed by atoms with Gasteiger partial charge in [0.15, 0.2) is 0 Å². The number of hydrogen-bond donors (Lipinski definition) is 1. The van der Waals surface area contributed by atoms with E-state index in [0.29, 0.717) is 0 Å². The van der Waals surface area contributed by atoms with Crippen LogP contribution in [0.2, 0.25) is 0 Å². The predicted molar refractivity (Wildman–Crippen MR) is 45.4 cm³/mol. The summed E-state index contributed by atoms with van der Waals surface area (Å²) in [5, 5.41) is 9.97. The molecule has 1 fully saturated rings. The minimum Gasteiger partial charge on any atom is -0.389 e. The largest absolute Gasteiger partial charge is 0.389 e. The van der Waals surface area contributed by atoms with Crippen molar-refractivity contribution < 1.29 is 5.11 Å². The molecule has 0 saturated heterocycles. The van der Waals surface area contributed by atoms with Gasteiger partial charge in [0.05, 0.1) is 5.60 Å². The first-order chi connectivity index (χ1) is 5.29. The van der Waals surface area contributed by atoms with Crippen molar-refractivity contribution in [2.24, 2.45) is 0 Å². The summed E-state index contributed by atoms with van der Waals surface area (Å²) in [6, 6.07) is 0. The van der Waals surface area contributed by atoms with Crippen molar-refractivity contribution in [1.29, 1.82) is 0 Å². The van der Waals surface area contributed by atoms with E-state index in [2.05, 4.69) is 6.08 Å². The summed E-state index contributed by atoms with van der Waals surface area (Å²) in [6.45, 7) is 0. The molecule has 1 atom stereocenters. The second kappa shape index (κ2) is 2.63. The van der Waals surface area contributed by atoms with Crippen LogP contribution in [0.1, 0.15) is 44.9 Å². The van der Waals surface area contributed by atoms with Gasteiger partial charge in [-0.25, -0.2) is 0 Å². The van der Waals surface area contributed by atoms with Crippen LogP contribution in [-0.4, -0.2) is 10.7 Å². The molecule has 0 aromatic heterocycles. The van der Waals surface area contributed by atoms with E-state index in [0.717, 1.165) is 19.3 Å². The molecule has 2 aliphatic carbocycles. The molecule has 0 heterocycles. The van der Waals surface area contributed by atoms with E-state index in [-0.39, 0.29) is 5.60 Å². The van der Waals surface area contributed by atoms with Crippen LogP contribution in [0.15, 0.2) is 11.6 Å². The van der Waals surface area contributed by atoms with Crippen LogP contribution in [0.5, 0.6) is 0 Å². The molecule has 1 unspecified atom stereocenters. The smallest absolute Gasteiger partial charge is 0.0719 e. The third-order valence-corrected chi connectivity index (χ3v) is 2.97. The fourth-order valence-corrected chi connectivity index (χ4v) is 2.27. The first kappa shape index (κ1) is 7.35. The predicted octanol–water partition coefficient (Wildman–Crippen LogP) is 2.40. The summed E-state index contributed by atoms with van der Waals surface area (Å²) in [7, 11) is 0. The maximum Gasteiger partial charge on any atom is 0.0719 e. The summed E-state index contributed by atoms with van der Waals surface area (Å²) in [5.74, 6) is 0. The van der Waals surface area contributed by atoms with E-state index >= 15 is 0 Å². The highest BCUT2D eigenvalue weighted by Crippen LogP contribution is 2.37. The van der Waals surface area contributed by atoms with Crippen LogP contribution in [0.25, 0.3) is 0 Å². The minimum atomic E-state index is -0.324. The molecule has 0 aromatic rings. The highest BCUT2D eigenvalue weighted by molar-refractivity contribution is 5.16. The van der Waals surface area contributed by atoms with Crippen molar-refractivity contribution in [3.8, 4) is 0 Å². The zero-order chi connectivity index (χ0) is 7.73. The molecule has 0 aromatic carbocycles. The molecule has 2 bridgehead atoms. The summed E-state index contributed by atoms with van der Waals surface area (Å²) in [6.07, 6.45) is 10.3. The van der Waals surface area contributed by atoms with Crippen molar-refractivity contribution in [3.05, 3.63) is 11.6 Å². The van der Waals surface area contributed by atoms with Gasteiger partial charge >= 0.3 is 0 Å². The van der Waals surface area contributed by atoms with E-state index in [1.165, 1.54) is 31.3 Å². The highest BCUT2D eigenvalue weighted by atomic mass is 16.3. The molecule has 1 heteroatoms. The first-order valence-electron chi connectivity index (χ1n) is 4.69. The van der Waals surface area contributed by atoms with Gasteiger partial charge in [-0.3, -0.25) is 0 Å². The van der Waals surface area contributed by atoms with E-state index < -0.39 is 0 Å². The standard InChI is InChI=1S/C10H16O/c11-10-6-3-1-2-4-9(8-10)5-7-10/h5,11H,1-4,6-8H2. The third kappa shape index (κ3) is 1.48. The summed E-state index contributed by atoms with van der Waals surface area (Å²) in [4.78, 5) is 0. The van der Waals surface area contributed by atoms with Crippen LogP contribution in [-0.2, 0) is 0 Å². The Labute approximate surface area is 68.1 Å². The lowest BCUT2D eigenvalue weighted by Crippen LogP contribution is -2.25. The van der Waals surface area contributed by atoms with Crippen molar-refractivity contribution >= 4 is 0 Å². The Bertz CT molecular complexity index is 183. The fraction of sp³-hybridized carbons (Fsp3) is 0.800. The number of hydrogen-bond acceptors (Lipinski definition) is 1. The molecule has 0 amide bonds. The Kier molecular flexibility index (Phi) is 1.76. The minimum absolute atomic E-state index is 0.324. The zero-order valence-electron chi connectivity index (χ0n) is 6.97. The number of rotatable bonds is 0. The Balaban J connectivity index is 2.08. The average molecular weight is 152 g/mol. The highest BCUT2D eigenvalue weighted by Gasteiger charge is 2.31. The molecule has 11 heavy (non-hydrogen) atoms. The maximum atomic E-state index is 9.97. The lowest BCUT2D eigenvalue weighted by Gasteiger charge is -2.24. The van der Waals surface area contributed by atoms with Gasteiger partial charge in [-0.15, -0.1) is 0 Å². The van der Waals surface area contributed by atoms with Crippen molar-refractivity contribution in [2.45, 2.75) is 50.5 Å². The van der Waals surface area contributed by atoms with Gasteiger partial charge in [0, 0.05) is 0 Å². The van der Waals surface area contributed by atoms with Gasteiger partial charge in [0.1, 0.15) is 0 Å². The van der Waals surface area contributed by atoms with Crippen LogP contribution < -0.4 is 0 Å². The monoisotopic (exact) mass is 152 g/mol. The van der Waals surface area contributed by atoms with E-state index in [1.807, 2.05) is 0 Å². The Morgan fingerprint density at radius 2 is 2.18 bits per heavy atom. The number of fused-ring (bicyclic) bond motifs is 2. The molecule has 2 rings (SSSR count). The van der Waals surface area contributed by atoms with Gasteiger partial charge in [0.25, 0.3) is 0 Å². The van der Waals surface area contributed by atoms with Crippen LogP contribution in [0, 0.1) is 0 Å². The lowest BCUT2D eigenvalue weighted by atomic mass is 9.89. The molecular formula is C10H16O. The van der Waals surface area contributed by atoms with Crippen LogP contribution in [0.4, 0.5) is 0 Å².